The molecule has 0 radical (unpaired) electrons. The van der Waals surface area contributed by atoms with Crippen molar-refractivity contribution in [2.75, 3.05) is 0 Å². The molecule has 0 atom stereocenters. The van der Waals surface area contributed by atoms with Crippen molar-refractivity contribution in [3.05, 3.63) is 206 Å². The van der Waals surface area contributed by atoms with Gasteiger partial charge in [0, 0.05) is 0 Å². The Morgan fingerprint density at radius 1 is 0.167 bits per heavy atom. The molecular formula is C54H34. The summed E-state index contributed by atoms with van der Waals surface area (Å²) >= 11 is 0. The highest BCUT2D eigenvalue weighted by Crippen LogP contribution is 2.38. The molecule has 0 unspecified atom stereocenters. The first kappa shape index (κ1) is 30.6. The largest absolute Gasteiger partial charge is 0.0616 e. The smallest absolute Gasteiger partial charge is 0.00988 e. The lowest BCUT2D eigenvalue weighted by Gasteiger charge is -2.12. The zero-order chi connectivity index (χ0) is 35.6. The van der Waals surface area contributed by atoms with Crippen molar-refractivity contribution in [1.29, 1.82) is 0 Å². The highest BCUT2D eigenvalue weighted by atomic mass is 14.1. The molecule has 0 aliphatic rings. The third-order valence-corrected chi connectivity index (χ3v) is 11.4. The zero-order valence-corrected chi connectivity index (χ0v) is 29.6. The Labute approximate surface area is 314 Å². The van der Waals surface area contributed by atoms with Gasteiger partial charge in [-0.1, -0.05) is 170 Å². The van der Waals surface area contributed by atoms with E-state index in [2.05, 4.69) is 206 Å². The molecule has 11 aromatic carbocycles. The molecule has 54 heavy (non-hydrogen) atoms. The van der Waals surface area contributed by atoms with Crippen LogP contribution in [0, 0.1) is 0 Å². The maximum Gasteiger partial charge on any atom is -0.00988 e. The van der Waals surface area contributed by atoms with Gasteiger partial charge in [0.1, 0.15) is 0 Å². The van der Waals surface area contributed by atoms with Crippen LogP contribution < -0.4 is 0 Å². The first-order valence-corrected chi connectivity index (χ1v) is 18.7. The minimum atomic E-state index is 1.22. The minimum absolute atomic E-state index is 1.22. The van der Waals surface area contributed by atoms with Gasteiger partial charge in [0.25, 0.3) is 0 Å². The van der Waals surface area contributed by atoms with Crippen molar-refractivity contribution in [3.63, 3.8) is 0 Å². The molecule has 0 saturated heterocycles. The second kappa shape index (κ2) is 12.3. The summed E-state index contributed by atoms with van der Waals surface area (Å²) in [6.07, 6.45) is 0. The Bertz CT molecular complexity index is 3260. The lowest BCUT2D eigenvalue weighted by molar-refractivity contribution is 1.61. The van der Waals surface area contributed by atoms with Crippen LogP contribution >= 0.6 is 0 Å². The highest BCUT2D eigenvalue weighted by molar-refractivity contribution is 6.14. The van der Waals surface area contributed by atoms with Gasteiger partial charge < -0.3 is 0 Å². The van der Waals surface area contributed by atoms with Crippen LogP contribution in [-0.2, 0) is 0 Å². The molecule has 0 heteroatoms. The van der Waals surface area contributed by atoms with Crippen LogP contribution in [0.4, 0.5) is 0 Å². The fraction of sp³-hybridized carbons (Fsp3) is 0. The van der Waals surface area contributed by atoms with E-state index in [9.17, 15) is 0 Å². The molecule has 0 spiro atoms. The predicted molar refractivity (Wildman–Crippen MR) is 233 cm³/mol. The lowest BCUT2D eigenvalue weighted by atomic mass is 9.91. The van der Waals surface area contributed by atoms with Crippen LogP contribution in [0.5, 0.6) is 0 Å². The monoisotopic (exact) mass is 682 g/mol. The quantitative estimate of drug-likeness (QED) is 0.162. The van der Waals surface area contributed by atoms with Crippen LogP contribution in [0.1, 0.15) is 0 Å². The predicted octanol–water partition coefficient (Wildman–Crippen LogP) is 15.3. The molecule has 0 fully saturated rings. The van der Waals surface area contributed by atoms with Crippen molar-refractivity contribution < 1.29 is 0 Å². The molecule has 0 aliphatic carbocycles. The van der Waals surface area contributed by atoms with Gasteiger partial charge in [0.15, 0.2) is 0 Å². The second-order valence-electron chi connectivity index (χ2n) is 14.5. The van der Waals surface area contributed by atoms with Crippen molar-refractivity contribution in [2.45, 2.75) is 0 Å². The van der Waals surface area contributed by atoms with E-state index in [1.165, 1.54) is 109 Å². The summed E-state index contributed by atoms with van der Waals surface area (Å²) in [6, 6.07) is 76.1. The molecule has 0 saturated carbocycles. The third kappa shape index (κ3) is 5.15. The first-order chi connectivity index (χ1) is 26.7. The van der Waals surface area contributed by atoms with E-state index >= 15 is 0 Å². The SMILES string of the molecule is c1ccc2c(c1)ccc1cc(-c3ccc4cc(-c5ccc(-c6ccc7cc(-c8cc9ccccc9c9ccccc89)ccc7c6)cc5)ccc4c3)ccc12. The topological polar surface area (TPSA) is 0 Å². The average Bonchev–Trinajstić information content (AvgIpc) is 3.25. The fourth-order valence-electron chi connectivity index (χ4n) is 8.54. The molecule has 11 aromatic rings. The third-order valence-electron chi connectivity index (χ3n) is 11.4. The molecule has 11 rings (SSSR count). The van der Waals surface area contributed by atoms with Gasteiger partial charge in [0.2, 0.25) is 0 Å². The highest BCUT2D eigenvalue weighted by Gasteiger charge is 2.11. The minimum Gasteiger partial charge on any atom is -0.0616 e. The maximum atomic E-state index is 2.34. The molecule has 0 aromatic heterocycles. The Kier molecular flexibility index (Phi) is 6.97. The molecule has 0 amide bonds. The van der Waals surface area contributed by atoms with E-state index in [1.54, 1.807) is 0 Å². The van der Waals surface area contributed by atoms with Crippen molar-refractivity contribution >= 4 is 64.6 Å². The van der Waals surface area contributed by atoms with Crippen molar-refractivity contribution in [1.82, 2.24) is 0 Å². The standard InChI is InChI=1S/C54H34/c1-3-9-49-37(7-1)17-25-47-32-45(27-28-51(47)49)42-23-22-40-29-38(18-20-41(40)31-42)35-13-15-36(16-14-35)39-19-21-44-33-48(26-24-43(44)30-39)54-34-46-8-2-4-10-50(46)52-11-5-6-12-53(52)54/h1-34H. The molecule has 0 heterocycles. The molecular weight excluding hydrogens is 649 g/mol. The summed E-state index contributed by atoms with van der Waals surface area (Å²) in [5.74, 6) is 0. The number of hydrogen-bond donors (Lipinski definition) is 0. The van der Waals surface area contributed by atoms with Crippen LogP contribution in [0.2, 0.25) is 0 Å². The van der Waals surface area contributed by atoms with E-state index in [1.807, 2.05) is 0 Å². The zero-order valence-electron chi connectivity index (χ0n) is 29.6. The Hall–Kier alpha value is -7.02. The summed E-state index contributed by atoms with van der Waals surface area (Å²) in [7, 11) is 0. The van der Waals surface area contributed by atoms with Gasteiger partial charge in [-0.3, -0.25) is 0 Å². The first-order valence-electron chi connectivity index (χ1n) is 18.7. The van der Waals surface area contributed by atoms with Crippen LogP contribution in [0.25, 0.3) is 109 Å². The Morgan fingerprint density at radius 2 is 0.500 bits per heavy atom. The summed E-state index contributed by atoms with van der Waals surface area (Å²) in [5.41, 5.74) is 9.90. The van der Waals surface area contributed by atoms with E-state index in [4.69, 9.17) is 0 Å². The van der Waals surface area contributed by atoms with Crippen LogP contribution in [0.3, 0.4) is 0 Å². The number of hydrogen-bond acceptors (Lipinski definition) is 0. The second-order valence-corrected chi connectivity index (χ2v) is 14.5. The normalized spacial score (nSPS) is 11.7. The molecule has 0 bridgehead atoms. The van der Waals surface area contributed by atoms with E-state index in [0.717, 1.165) is 0 Å². The van der Waals surface area contributed by atoms with Crippen molar-refractivity contribution in [2.24, 2.45) is 0 Å². The summed E-state index contributed by atoms with van der Waals surface area (Å²) in [4.78, 5) is 0. The van der Waals surface area contributed by atoms with Gasteiger partial charge in [0.05, 0.1) is 0 Å². The molecule has 0 N–H and O–H groups in total. The van der Waals surface area contributed by atoms with Crippen LogP contribution in [-0.4, -0.2) is 0 Å². The number of rotatable bonds is 4. The van der Waals surface area contributed by atoms with Crippen LogP contribution in [0.15, 0.2) is 206 Å². The average molecular weight is 683 g/mol. The summed E-state index contributed by atoms with van der Waals surface area (Å²) in [5, 5.41) is 15.3. The van der Waals surface area contributed by atoms with Gasteiger partial charge in [-0.05, 0) is 146 Å². The number of fused-ring (bicyclic) bond motifs is 8. The van der Waals surface area contributed by atoms with Gasteiger partial charge >= 0.3 is 0 Å². The molecule has 0 aliphatic heterocycles. The lowest BCUT2D eigenvalue weighted by Crippen LogP contribution is -1.86. The van der Waals surface area contributed by atoms with E-state index < -0.39 is 0 Å². The van der Waals surface area contributed by atoms with Gasteiger partial charge in [-0.25, -0.2) is 0 Å². The maximum absolute atomic E-state index is 2.34. The summed E-state index contributed by atoms with van der Waals surface area (Å²) < 4.78 is 0. The van der Waals surface area contributed by atoms with Crippen molar-refractivity contribution in [3.8, 4) is 44.5 Å². The van der Waals surface area contributed by atoms with E-state index in [0.29, 0.717) is 0 Å². The Morgan fingerprint density at radius 3 is 1.11 bits per heavy atom. The van der Waals surface area contributed by atoms with Gasteiger partial charge in [-0.15, -0.1) is 0 Å². The van der Waals surface area contributed by atoms with Gasteiger partial charge in [-0.2, -0.15) is 0 Å². The molecule has 0 nitrogen and oxygen atoms in total. The molecule has 250 valence electrons. The summed E-state index contributed by atoms with van der Waals surface area (Å²) in [6.45, 7) is 0. The number of benzene rings is 11. The Balaban J connectivity index is 0.866. The fourth-order valence-corrected chi connectivity index (χ4v) is 8.54. The van der Waals surface area contributed by atoms with E-state index in [-0.39, 0.29) is 0 Å².